The third-order valence-electron chi connectivity index (χ3n) is 6.16. The van der Waals surface area contributed by atoms with Crippen molar-refractivity contribution in [3.05, 3.63) is 63.5 Å². The molecule has 4 N–H and O–H groups in total. The number of hydrogen-bond acceptors (Lipinski definition) is 6. The number of nitrogens with zero attached hydrogens (tertiary/aromatic N) is 3. The second-order valence-corrected chi connectivity index (χ2v) is 8.98. The second kappa shape index (κ2) is 10.4. The highest BCUT2D eigenvalue weighted by molar-refractivity contribution is 6.36. The maximum Gasteiger partial charge on any atom is 0.142 e. The summed E-state index contributed by atoms with van der Waals surface area (Å²) in [4.78, 5) is 9.14. The zero-order valence-electron chi connectivity index (χ0n) is 18.1. The number of piperazine rings is 1. The summed E-state index contributed by atoms with van der Waals surface area (Å²) < 4.78 is 14.0. The van der Waals surface area contributed by atoms with Crippen LogP contribution in [-0.2, 0) is 6.54 Å². The van der Waals surface area contributed by atoms with Crippen molar-refractivity contribution < 1.29 is 4.39 Å². The Balaban J connectivity index is 1.59. The minimum atomic E-state index is -0.474. The average molecular weight is 479 g/mol. The number of hydrogen-bond donors (Lipinski definition) is 3. The molecule has 0 radical (unpaired) electrons. The summed E-state index contributed by atoms with van der Waals surface area (Å²) in [6.45, 7) is 3.96. The third-order valence-corrected chi connectivity index (χ3v) is 6.93. The fraction of sp³-hybridized carbons (Fsp3) is 0.435. The number of nitrogens with two attached hydrogens (primary N) is 1. The molecule has 172 valence electrons. The molecule has 6 nitrogen and oxygen atoms in total. The Morgan fingerprint density at radius 2 is 2.03 bits per heavy atom. The van der Waals surface area contributed by atoms with Gasteiger partial charge in [-0.1, -0.05) is 23.2 Å². The summed E-state index contributed by atoms with van der Waals surface area (Å²) in [5.41, 5.74) is 8.91. The third kappa shape index (κ3) is 5.02. The highest BCUT2D eigenvalue weighted by Crippen LogP contribution is 2.30. The smallest absolute Gasteiger partial charge is 0.142 e. The van der Waals surface area contributed by atoms with Crippen LogP contribution in [-0.4, -0.2) is 55.3 Å². The van der Waals surface area contributed by atoms with Crippen LogP contribution in [0.15, 0.2) is 36.5 Å². The summed E-state index contributed by atoms with van der Waals surface area (Å²) >= 11 is 12.6. The van der Waals surface area contributed by atoms with Gasteiger partial charge < -0.3 is 16.0 Å². The van der Waals surface area contributed by atoms with E-state index in [9.17, 15) is 4.39 Å². The van der Waals surface area contributed by atoms with E-state index in [1.54, 1.807) is 0 Å². The Labute approximate surface area is 198 Å². The summed E-state index contributed by atoms with van der Waals surface area (Å²) in [7, 11) is 1.88. The lowest BCUT2D eigenvalue weighted by molar-refractivity contribution is 0.145. The van der Waals surface area contributed by atoms with Crippen molar-refractivity contribution >= 4 is 34.7 Å². The van der Waals surface area contributed by atoms with Gasteiger partial charge in [0.2, 0.25) is 0 Å². The lowest BCUT2D eigenvalue weighted by Crippen LogP contribution is -2.60. The molecule has 1 aromatic carbocycles. The number of benzene rings is 1. The first-order valence-corrected chi connectivity index (χ1v) is 11.7. The van der Waals surface area contributed by atoms with Crippen molar-refractivity contribution in [1.29, 1.82) is 0 Å². The van der Waals surface area contributed by atoms with Gasteiger partial charge in [-0.3, -0.25) is 10.2 Å². The maximum absolute atomic E-state index is 14.0. The topological polar surface area (TPSA) is 69.5 Å². The molecule has 0 amide bonds. The SMILES string of the molecule is CN/C(=C\C1C(N)NCCN1Cc1c(Cl)ccc(F)c1Cl)c1ccc(N2CCCC2)nc1. The van der Waals surface area contributed by atoms with Crippen molar-refractivity contribution in [2.45, 2.75) is 31.6 Å². The van der Waals surface area contributed by atoms with Gasteiger partial charge in [0.1, 0.15) is 11.6 Å². The van der Waals surface area contributed by atoms with Gasteiger partial charge in [-0.2, -0.15) is 0 Å². The van der Waals surface area contributed by atoms with Gasteiger partial charge in [0, 0.05) is 67.8 Å². The van der Waals surface area contributed by atoms with Crippen LogP contribution in [0.2, 0.25) is 10.0 Å². The van der Waals surface area contributed by atoms with Crippen LogP contribution in [0.4, 0.5) is 10.2 Å². The number of anilines is 1. The Hall–Kier alpha value is -1.90. The molecule has 1 aromatic heterocycles. The monoisotopic (exact) mass is 478 g/mol. The number of halogens is 3. The molecule has 0 spiro atoms. The number of aromatic nitrogens is 1. The van der Waals surface area contributed by atoms with E-state index < -0.39 is 5.82 Å². The summed E-state index contributed by atoms with van der Waals surface area (Å²) in [5.74, 6) is 0.535. The zero-order valence-corrected chi connectivity index (χ0v) is 19.6. The highest BCUT2D eigenvalue weighted by Gasteiger charge is 2.29. The maximum atomic E-state index is 14.0. The van der Waals surface area contributed by atoms with E-state index in [1.165, 1.54) is 25.0 Å². The van der Waals surface area contributed by atoms with Gasteiger partial charge in [0.15, 0.2) is 0 Å². The standard InChI is InChI=1S/C23H29Cl2FN6/c1-28-19(15-4-7-21(30-13-15)31-9-2-3-10-31)12-20-23(27)29-8-11-32(20)14-16-17(24)5-6-18(26)22(16)25/h4-7,12-13,20,23,28-29H,2-3,8-11,14,27H2,1H3/b19-12-. The van der Waals surface area contributed by atoms with Crippen molar-refractivity contribution in [2.24, 2.45) is 5.73 Å². The van der Waals surface area contributed by atoms with Crippen molar-refractivity contribution in [2.75, 3.05) is 38.1 Å². The molecule has 0 bridgehead atoms. The number of rotatable bonds is 6. The molecule has 2 atom stereocenters. The van der Waals surface area contributed by atoms with E-state index in [0.717, 1.165) is 43.3 Å². The van der Waals surface area contributed by atoms with Crippen LogP contribution in [0.3, 0.4) is 0 Å². The molecule has 2 aliphatic heterocycles. The molecule has 2 unspecified atom stereocenters. The van der Waals surface area contributed by atoms with Gasteiger partial charge in [0.25, 0.3) is 0 Å². The van der Waals surface area contributed by atoms with E-state index in [1.807, 2.05) is 13.2 Å². The van der Waals surface area contributed by atoms with Crippen molar-refractivity contribution in [1.82, 2.24) is 20.5 Å². The van der Waals surface area contributed by atoms with E-state index in [0.29, 0.717) is 17.1 Å². The second-order valence-electron chi connectivity index (χ2n) is 8.19. The molecule has 9 heteroatoms. The quantitative estimate of drug-likeness (QED) is 0.552. The lowest BCUT2D eigenvalue weighted by Gasteiger charge is -2.39. The van der Waals surface area contributed by atoms with E-state index in [2.05, 4.69) is 43.6 Å². The van der Waals surface area contributed by atoms with Crippen LogP contribution < -0.4 is 21.3 Å². The van der Waals surface area contributed by atoms with Gasteiger partial charge in [-0.15, -0.1) is 0 Å². The molecule has 2 fully saturated rings. The fourth-order valence-corrected chi connectivity index (χ4v) is 4.85. The van der Waals surface area contributed by atoms with Crippen molar-refractivity contribution in [3.8, 4) is 0 Å². The fourth-order valence-electron chi connectivity index (χ4n) is 4.36. The first-order valence-electron chi connectivity index (χ1n) is 10.9. The van der Waals surface area contributed by atoms with E-state index in [-0.39, 0.29) is 17.2 Å². The van der Waals surface area contributed by atoms with Crippen LogP contribution in [0, 0.1) is 5.82 Å². The zero-order chi connectivity index (χ0) is 22.7. The van der Waals surface area contributed by atoms with Crippen LogP contribution in [0.5, 0.6) is 0 Å². The molecule has 4 rings (SSSR count). The Kier molecular flexibility index (Phi) is 7.53. The van der Waals surface area contributed by atoms with Gasteiger partial charge in [0.05, 0.1) is 17.2 Å². The van der Waals surface area contributed by atoms with Gasteiger partial charge >= 0.3 is 0 Å². The normalized spacial score (nSPS) is 22.4. The summed E-state index contributed by atoms with van der Waals surface area (Å²) in [6, 6.07) is 6.81. The molecule has 0 aliphatic carbocycles. The van der Waals surface area contributed by atoms with Crippen LogP contribution in [0.25, 0.3) is 5.70 Å². The summed E-state index contributed by atoms with van der Waals surface area (Å²) in [5, 5.41) is 7.10. The van der Waals surface area contributed by atoms with Gasteiger partial charge in [-0.05, 0) is 43.2 Å². The Bertz CT molecular complexity index is 962. The predicted molar refractivity (Wildman–Crippen MR) is 129 cm³/mol. The molecule has 0 saturated carbocycles. The minimum Gasteiger partial charge on any atom is -0.388 e. The van der Waals surface area contributed by atoms with E-state index in [4.69, 9.17) is 28.9 Å². The van der Waals surface area contributed by atoms with E-state index >= 15 is 0 Å². The first-order chi connectivity index (χ1) is 15.5. The van der Waals surface area contributed by atoms with Gasteiger partial charge in [-0.25, -0.2) is 9.37 Å². The average Bonchev–Trinajstić information content (AvgIpc) is 3.34. The molecular weight excluding hydrogens is 450 g/mol. The molecule has 2 saturated heterocycles. The number of pyridine rings is 1. The largest absolute Gasteiger partial charge is 0.388 e. The number of nitrogens with one attached hydrogen (secondary N) is 2. The highest BCUT2D eigenvalue weighted by atomic mass is 35.5. The Morgan fingerprint density at radius 3 is 2.72 bits per heavy atom. The van der Waals surface area contributed by atoms with Crippen molar-refractivity contribution in [3.63, 3.8) is 0 Å². The Morgan fingerprint density at radius 1 is 1.25 bits per heavy atom. The molecule has 2 aliphatic rings. The first kappa shape index (κ1) is 23.3. The molecular formula is C23H29Cl2FN6. The molecule has 3 heterocycles. The molecule has 32 heavy (non-hydrogen) atoms. The van der Waals surface area contributed by atoms with Crippen LogP contribution in [0.1, 0.15) is 24.0 Å². The van der Waals surface area contributed by atoms with Crippen LogP contribution >= 0.6 is 23.2 Å². The minimum absolute atomic E-state index is 0.0582. The summed E-state index contributed by atoms with van der Waals surface area (Å²) in [6.07, 6.45) is 6.11. The lowest BCUT2D eigenvalue weighted by atomic mass is 10.0. The predicted octanol–water partition coefficient (Wildman–Crippen LogP) is 3.45. The molecule has 2 aromatic rings.